The lowest BCUT2D eigenvalue weighted by Gasteiger charge is -2.31. The van der Waals surface area contributed by atoms with Crippen LogP contribution in [0.2, 0.25) is 0 Å². The highest BCUT2D eigenvalue weighted by Gasteiger charge is 2.39. The minimum Gasteiger partial charge on any atom is -0.372 e. The second-order valence-corrected chi connectivity index (χ2v) is 7.20. The number of nitriles is 1. The SMILES string of the molecule is N#CCc1ccc(S(=O)(=O)N2CC3CCC(C2)O3)cc1. The third-order valence-electron chi connectivity index (χ3n) is 3.85. The standard InChI is InChI=1S/C14H16N2O3S/c15-8-7-11-1-5-14(6-2-11)20(17,18)16-9-12-3-4-13(10-16)19-12/h1-2,5-6,12-13H,3-4,7,9-10H2. The zero-order valence-corrected chi connectivity index (χ0v) is 11.8. The Balaban J connectivity index is 1.82. The molecule has 0 saturated carbocycles. The van der Waals surface area contributed by atoms with Gasteiger partial charge in [-0.1, -0.05) is 12.1 Å². The second-order valence-electron chi connectivity index (χ2n) is 5.26. The summed E-state index contributed by atoms with van der Waals surface area (Å²) in [5, 5.41) is 8.63. The molecule has 2 aliphatic rings. The number of rotatable bonds is 3. The first-order valence-electron chi connectivity index (χ1n) is 6.71. The monoisotopic (exact) mass is 292 g/mol. The van der Waals surface area contributed by atoms with Gasteiger partial charge in [0, 0.05) is 13.1 Å². The van der Waals surface area contributed by atoms with E-state index in [1.54, 1.807) is 24.3 Å². The Hall–Kier alpha value is -1.42. The molecule has 3 rings (SSSR count). The van der Waals surface area contributed by atoms with Crippen LogP contribution in [-0.4, -0.2) is 38.0 Å². The number of ether oxygens (including phenoxy) is 1. The summed E-state index contributed by atoms with van der Waals surface area (Å²) in [5.41, 5.74) is 0.827. The summed E-state index contributed by atoms with van der Waals surface area (Å²) < 4.78 is 32.4. The van der Waals surface area contributed by atoms with Crippen LogP contribution in [-0.2, 0) is 21.2 Å². The van der Waals surface area contributed by atoms with Gasteiger partial charge in [0.25, 0.3) is 0 Å². The third-order valence-corrected chi connectivity index (χ3v) is 5.70. The van der Waals surface area contributed by atoms with Crippen LogP contribution in [0.5, 0.6) is 0 Å². The lowest BCUT2D eigenvalue weighted by atomic mass is 10.2. The van der Waals surface area contributed by atoms with E-state index in [-0.39, 0.29) is 12.2 Å². The minimum atomic E-state index is -3.45. The van der Waals surface area contributed by atoms with Gasteiger partial charge in [-0.05, 0) is 30.5 Å². The maximum atomic E-state index is 12.6. The van der Waals surface area contributed by atoms with Gasteiger partial charge in [0.15, 0.2) is 0 Å². The Kier molecular flexibility index (Phi) is 3.50. The van der Waals surface area contributed by atoms with Crippen LogP contribution in [0.1, 0.15) is 18.4 Å². The van der Waals surface area contributed by atoms with Crippen LogP contribution in [0.15, 0.2) is 29.2 Å². The van der Waals surface area contributed by atoms with Crippen molar-refractivity contribution in [1.29, 1.82) is 5.26 Å². The molecule has 2 heterocycles. The lowest BCUT2D eigenvalue weighted by Crippen LogP contribution is -2.45. The molecule has 2 saturated heterocycles. The van der Waals surface area contributed by atoms with Gasteiger partial charge in [-0.2, -0.15) is 9.57 Å². The molecule has 2 aliphatic heterocycles. The fourth-order valence-corrected chi connectivity index (χ4v) is 4.30. The van der Waals surface area contributed by atoms with Crippen molar-refractivity contribution in [3.05, 3.63) is 29.8 Å². The molecule has 0 aromatic heterocycles. The van der Waals surface area contributed by atoms with E-state index in [1.807, 2.05) is 6.07 Å². The predicted molar refractivity (Wildman–Crippen MR) is 72.4 cm³/mol. The molecule has 0 aliphatic carbocycles. The zero-order chi connectivity index (χ0) is 14.2. The fraction of sp³-hybridized carbons (Fsp3) is 0.500. The molecule has 0 spiro atoms. The molecule has 6 heteroatoms. The first kappa shape index (κ1) is 13.6. The van der Waals surface area contributed by atoms with E-state index in [2.05, 4.69) is 0 Å². The van der Waals surface area contributed by atoms with E-state index in [4.69, 9.17) is 10.00 Å². The van der Waals surface area contributed by atoms with Crippen molar-refractivity contribution in [3.63, 3.8) is 0 Å². The summed E-state index contributed by atoms with van der Waals surface area (Å²) in [6, 6.07) is 8.61. The molecule has 1 aromatic rings. The average molecular weight is 292 g/mol. The quantitative estimate of drug-likeness (QED) is 0.842. The summed E-state index contributed by atoms with van der Waals surface area (Å²) in [6.07, 6.45) is 2.26. The molecule has 2 bridgehead atoms. The van der Waals surface area contributed by atoms with Crippen molar-refractivity contribution in [3.8, 4) is 6.07 Å². The van der Waals surface area contributed by atoms with Crippen molar-refractivity contribution in [2.24, 2.45) is 0 Å². The Labute approximate surface area is 118 Å². The van der Waals surface area contributed by atoms with Gasteiger partial charge >= 0.3 is 0 Å². The molecule has 2 unspecified atom stereocenters. The molecule has 2 fully saturated rings. The highest BCUT2D eigenvalue weighted by molar-refractivity contribution is 7.89. The number of nitrogens with zero attached hydrogens (tertiary/aromatic N) is 2. The highest BCUT2D eigenvalue weighted by Crippen LogP contribution is 2.29. The summed E-state index contributed by atoms with van der Waals surface area (Å²) >= 11 is 0. The molecule has 5 nitrogen and oxygen atoms in total. The Bertz CT molecular complexity index is 621. The van der Waals surface area contributed by atoms with E-state index in [0.29, 0.717) is 24.4 Å². The third kappa shape index (κ3) is 2.44. The number of fused-ring (bicyclic) bond motifs is 2. The van der Waals surface area contributed by atoms with Gasteiger partial charge in [-0.15, -0.1) is 0 Å². The second kappa shape index (κ2) is 5.17. The van der Waals surface area contributed by atoms with Gasteiger partial charge in [0.2, 0.25) is 10.0 Å². The Morgan fingerprint density at radius 1 is 1.20 bits per heavy atom. The largest absolute Gasteiger partial charge is 0.372 e. The number of benzene rings is 1. The summed E-state index contributed by atoms with van der Waals surface area (Å²) in [5.74, 6) is 0. The van der Waals surface area contributed by atoms with Gasteiger partial charge in [-0.3, -0.25) is 0 Å². The number of hydrogen-bond acceptors (Lipinski definition) is 4. The number of sulfonamides is 1. The molecular formula is C14H16N2O3S. The van der Waals surface area contributed by atoms with Crippen LogP contribution >= 0.6 is 0 Å². The maximum absolute atomic E-state index is 12.6. The zero-order valence-electron chi connectivity index (χ0n) is 11.0. The molecule has 1 aromatic carbocycles. The molecule has 0 radical (unpaired) electrons. The van der Waals surface area contributed by atoms with E-state index in [0.717, 1.165) is 18.4 Å². The highest BCUT2D eigenvalue weighted by atomic mass is 32.2. The molecule has 106 valence electrons. The van der Waals surface area contributed by atoms with Crippen molar-refractivity contribution < 1.29 is 13.2 Å². The smallest absolute Gasteiger partial charge is 0.243 e. The van der Waals surface area contributed by atoms with Gasteiger partial charge in [0.05, 0.1) is 29.6 Å². The van der Waals surface area contributed by atoms with E-state index in [1.165, 1.54) is 4.31 Å². The topological polar surface area (TPSA) is 70.4 Å². The van der Waals surface area contributed by atoms with Gasteiger partial charge in [-0.25, -0.2) is 8.42 Å². The van der Waals surface area contributed by atoms with E-state index in [9.17, 15) is 8.42 Å². The Morgan fingerprint density at radius 3 is 2.35 bits per heavy atom. The molecule has 2 atom stereocenters. The summed E-state index contributed by atoms with van der Waals surface area (Å²) in [7, 11) is -3.45. The molecular weight excluding hydrogens is 276 g/mol. The van der Waals surface area contributed by atoms with Crippen molar-refractivity contribution in [2.45, 2.75) is 36.4 Å². The van der Waals surface area contributed by atoms with Crippen molar-refractivity contribution >= 4 is 10.0 Å². The Morgan fingerprint density at radius 2 is 1.80 bits per heavy atom. The number of hydrogen-bond donors (Lipinski definition) is 0. The van der Waals surface area contributed by atoms with Crippen LogP contribution < -0.4 is 0 Å². The fourth-order valence-electron chi connectivity index (χ4n) is 2.79. The lowest BCUT2D eigenvalue weighted by molar-refractivity contribution is -0.0114. The van der Waals surface area contributed by atoms with E-state index < -0.39 is 10.0 Å². The normalized spacial score (nSPS) is 26.4. The molecule has 20 heavy (non-hydrogen) atoms. The van der Waals surface area contributed by atoms with Crippen LogP contribution in [0.25, 0.3) is 0 Å². The number of morpholine rings is 1. The predicted octanol–water partition coefficient (Wildman–Crippen LogP) is 1.30. The van der Waals surface area contributed by atoms with Crippen molar-refractivity contribution in [2.75, 3.05) is 13.1 Å². The van der Waals surface area contributed by atoms with Gasteiger partial charge < -0.3 is 4.74 Å². The van der Waals surface area contributed by atoms with Crippen molar-refractivity contribution in [1.82, 2.24) is 4.31 Å². The maximum Gasteiger partial charge on any atom is 0.243 e. The van der Waals surface area contributed by atoms with Crippen LogP contribution in [0, 0.1) is 11.3 Å². The molecule has 0 N–H and O–H groups in total. The summed E-state index contributed by atoms with van der Waals surface area (Å²) in [4.78, 5) is 0.292. The molecule has 0 amide bonds. The van der Waals surface area contributed by atoms with Gasteiger partial charge in [0.1, 0.15) is 0 Å². The van der Waals surface area contributed by atoms with Crippen LogP contribution in [0.3, 0.4) is 0 Å². The first-order valence-corrected chi connectivity index (χ1v) is 8.15. The van der Waals surface area contributed by atoms with Crippen LogP contribution in [0.4, 0.5) is 0 Å². The summed E-state index contributed by atoms with van der Waals surface area (Å²) in [6.45, 7) is 0.886. The minimum absolute atomic E-state index is 0.0430. The first-order chi connectivity index (χ1) is 9.59. The average Bonchev–Trinajstić information content (AvgIpc) is 2.78. The van der Waals surface area contributed by atoms with E-state index >= 15 is 0 Å².